The molecule has 0 fully saturated rings. The first kappa shape index (κ1) is 23.8. The fourth-order valence-electron chi connectivity index (χ4n) is 3.27. The van der Waals surface area contributed by atoms with Gasteiger partial charge in [0.1, 0.15) is 5.75 Å². The highest BCUT2D eigenvalue weighted by molar-refractivity contribution is 6.30. The van der Waals surface area contributed by atoms with Crippen molar-refractivity contribution in [2.45, 2.75) is 0 Å². The molecule has 0 saturated carbocycles. The highest BCUT2D eigenvalue weighted by Crippen LogP contribution is 2.28. The fourth-order valence-corrected chi connectivity index (χ4v) is 3.40. The van der Waals surface area contributed by atoms with E-state index < -0.39 is 11.9 Å². The number of carbonyl (C=O) groups is 2. The number of hydrazone groups is 1. The van der Waals surface area contributed by atoms with Crippen molar-refractivity contribution in [3.8, 4) is 17.2 Å². The van der Waals surface area contributed by atoms with E-state index in [0.29, 0.717) is 27.6 Å². The maximum absolute atomic E-state index is 12.4. The molecule has 0 heterocycles. The molecule has 4 aromatic rings. The van der Waals surface area contributed by atoms with Crippen molar-refractivity contribution < 1.29 is 23.8 Å². The summed E-state index contributed by atoms with van der Waals surface area (Å²) in [7, 11) is 1.46. The van der Waals surface area contributed by atoms with Crippen LogP contribution < -0.4 is 19.6 Å². The minimum Gasteiger partial charge on any atom is -0.493 e. The van der Waals surface area contributed by atoms with Gasteiger partial charge in [-0.3, -0.25) is 4.79 Å². The van der Waals surface area contributed by atoms with Crippen LogP contribution in [0.3, 0.4) is 0 Å². The predicted molar refractivity (Wildman–Crippen MR) is 135 cm³/mol. The Labute approximate surface area is 206 Å². The number of carbonyl (C=O) groups excluding carboxylic acids is 2. The zero-order chi connectivity index (χ0) is 24.6. The van der Waals surface area contributed by atoms with Crippen molar-refractivity contribution in [3.05, 3.63) is 101 Å². The molecule has 0 atom stereocenters. The summed E-state index contributed by atoms with van der Waals surface area (Å²) < 4.78 is 16.4. The molecule has 4 aromatic carbocycles. The Morgan fingerprint density at radius 1 is 0.914 bits per heavy atom. The monoisotopic (exact) mass is 488 g/mol. The van der Waals surface area contributed by atoms with Gasteiger partial charge in [0.2, 0.25) is 0 Å². The number of rotatable bonds is 8. The Balaban J connectivity index is 1.34. The minimum atomic E-state index is -0.542. The Hall–Kier alpha value is -4.36. The van der Waals surface area contributed by atoms with Crippen LogP contribution >= 0.6 is 11.6 Å². The SMILES string of the molecule is COc1cc(C=NNC(=O)COc2cccc3ccccc23)ccc1OC(=O)c1ccc(Cl)cc1. The van der Waals surface area contributed by atoms with E-state index in [0.717, 1.165) is 10.8 Å². The molecular weight excluding hydrogens is 468 g/mol. The Morgan fingerprint density at radius 3 is 2.49 bits per heavy atom. The first-order valence-corrected chi connectivity index (χ1v) is 11.0. The highest BCUT2D eigenvalue weighted by Gasteiger charge is 2.13. The van der Waals surface area contributed by atoms with Gasteiger partial charge in [-0.15, -0.1) is 0 Å². The third kappa shape index (κ3) is 6.16. The lowest BCUT2D eigenvalue weighted by Crippen LogP contribution is -2.24. The van der Waals surface area contributed by atoms with Crippen molar-refractivity contribution in [2.75, 3.05) is 13.7 Å². The summed E-state index contributed by atoms with van der Waals surface area (Å²) in [5.74, 6) is 0.254. The minimum absolute atomic E-state index is 0.186. The molecule has 0 saturated heterocycles. The maximum Gasteiger partial charge on any atom is 0.343 e. The van der Waals surface area contributed by atoms with Gasteiger partial charge in [0.05, 0.1) is 18.9 Å². The van der Waals surface area contributed by atoms with Gasteiger partial charge < -0.3 is 14.2 Å². The van der Waals surface area contributed by atoms with Crippen molar-refractivity contribution >= 4 is 40.5 Å². The number of nitrogens with one attached hydrogen (secondary N) is 1. The molecule has 0 aliphatic rings. The normalized spacial score (nSPS) is 10.8. The van der Waals surface area contributed by atoms with E-state index in [1.165, 1.54) is 13.3 Å². The largest absolute Gasteiger partial charge is 0.493 e. The molecular formula is C27H21ClN2O5. The van der Waals surface area contributed by atoms with E-state index in [1.807, 2.05) is 42.5 Å². The summed E-state index contributed by atoms with van der Waals surface area (Å²) in [6.45, 7) is -0.186. The standard InChI is InChI=1S/C27H21ClN2O5/c1-33-25-15-18(9-14-24(25)35-27(32)20-10-12-21(28)13-11-20)16-29-30-26(31)17-34-23-8-4-6-19-5-2-3-7-22(19)23/h2-16H,17H2,1H3,(H,30,31). The number of hydrogen-bond acceptors (Lipinski definition) is 6. The van der Waals surface area contributed by atoms with E-state index in [1.54, 1.807) is 42.5 Å². The topological polar surface area (TPSA) is 86.2 Å². The van der Waals surface area contributed by atoms with Crippen LogP contribution in [0.4, 0.5) is 0 Å². The smallest absolute Gasteiger partial charge is 0.343 e. The number of fused-ring (bicyclic) bond motifs is 1. The number of nitrogens with zero attached hydrogens (tertiary/aromatic N) is 1. The highest BCUT2D eigenvalue weighted by atomic mass is 35.5. The third-order valence-corrected chi connectivity index (χ3v) is 5.23. The van der Waals surface area contributed by atoms with Gasteiger partial charge in [0, 0.05) is 10.4 Å². The van der Waals surface area contributed by atoms with Crippen molar-refractivity contribution in [3.63, 3.8) is 0 Å². The lowest BCUT2D eigenvalue weighted by Gasteiger charge is -2.10. The summed E-state index contributed by atoms with van der Waals surface area (Å²) in [6, 6.07) is 24.7. The molecule has 0 radical (unpaired) electrons. The molecule has 1 N–H and O–H groups in total. The molecule has 1 amide bonds. The summed E-state index contributed by atoms with van der Waals surface area (Å²) in [5, 5.41) is 6.43. The lowest BCUT2D eigenvalue weighted by atomic mass is 10.1. The number of ether oxygens (including phenoxy) is 3. The van der Waals surface area contributed by atoms with Gasteiger partial charge in [-0.05, 0) is 59.5 Å². The molecule has 0 aromatic heterocycles. The molecule has 0 spiro atoms. The Kier molecular flexibility index (Phi) is 7.60. The first-order valence-electron chi connectivity index (χ1n) is 10.6. The molecule has 0 bridgehead atoms. The van der Waals surface area contributed by atoms with Gasteiger partial charge >= 0.3 is 5.97 Å². The number of halogens is 1. The summed E-state index contributed by atoms with van der Waals surface area (Å²) in [5.41, 5.74) is 3.41. The predicted octanol–water partition coefficient (Wildman–Crippen LogP) is 5.25. The average Bonchev–Trinajstić information content (AvgIpc) is 2.88. The molecule has 4 rings (SSSR count). The number of methoxy groups -OCH3 is 1. The second kappa shape index (κ2) is 11.2. The fraction of sp³-hybridized carbons (Fsp3) is 0.0741. The van der Waals surface area contributed by atoms with Crippen molar-refractivity contribution in [1.82, 2.24) is 5.43 Å². The summed E-state index contributed by atoms with van der Waals surface area (Å²) in [6.07, 6.45) is 1.45. The quantitative estimate of drug-likeness (QED) is 0.158. The third-order valence-electron chi connectivity index (χ3n) is 4.98. The van der Waals surface area contributed by atoms with E-state index >= 15 is 0 Å². The zero-order valence-corrected chi connectivity index (χ0v) is 19.5. The Morgan fingerprint density at radius 2 is 1.69 bits per heavy atom. The van der Waals surface area contributed by atoms with Crippen LogP contribution in [0.25, 0.3) is 10.8 Å². The Bertz CT molecular complexity index is 1380. The molecule has 176 valence electrons. The van der Waals surface area contributed by atoms with E-state index in [4.69, 9.17) is 25.8 Å². The van der Waals surface area contributed by atoms with Crippen LogP contribution in [0.2, 0.25) is 5.02 Å². The van der Waals surface area contributed by atoms with Crippen molar-refractivity contribution in [1.29, 1.82) is 0 Å². The second-order valence-corrected chi connectivity index (χ2v) is 7.80. The van der Waals surface area contributed by atoms with Gasteiger partial charge in [-0.25, -0.2) is 10.2 Å². The van der Waals surface area contributed by atoms with Gasteiger partial charge in [0.25, 0.3) is 5.91 Å². The van der Waals surface area contributed by atoms with E-state index in [9.17, 15) is 9.59 Å². The van der Waals surface area contributed by atoms with Crippen LogP contribution in [0.5, 0.6) is 17.2 Å². The van der Waals surface area contributed by atoms with Crippen LogP contribution in [-0.2, 0) is 4.79 Å². The second-order valence-electron chi connectivity index (χ2n) is 7.37. The molecule has 0 unspecified atom stereocenters. The maximum atomic E-state index is 12.4. The van der Waals surface area contributed by atoms with Crippen molar-refractivity contribution in [2.24, 2.45) is 5.10 Å². The van der Waals surface area contributed by atoms with Gasteiger partial charge in [0.15, 0.2) is 18.1 Å². The zero-order valence-electron chi connectivity index (χ0n) is 18.7. The molecule has 35 heavy (non-hydrogen) atoms. The number of amides is 1. The molecule has 7 nitrogen and oxygen atoms in total. The van der Waals surface area contributed by atoms with E-state index in [2.05, 4.69) is 10.5 Å². The van der Waals surface area contributed by atoms with Crippen LogP contribution in [0.15, 0.2) is 90.0 Å². The summed E-state index contributed by atoms with van der Waals surface area (Å²) >= 11 is 5.85. The van der Waals surface area contributed by atoms with Crippen LogP contribution in [0, 0.1) is 0 Å². The van der Waals surface area contributed by atoms with Gasteiger partial charge in [-0.2, -0.15) is 5.10 Å². The average molecular weight is 489 g/mol. The first-order chi connectivity index (χ1) is 17.0. The van der Waals surface area contributed by atoms with Crippen LogP contribution in [-0.4, -0.2) is 31.8 Å². The molecule has 0 aliphatic carbocycles. The number of benzene rings is 4. The molecule has 8 heteroatoms. The van der Waals surface area contributed by atoms with Gasteiger partial charge in [-0.1, -0.05) is 48.0 Å². The number of hydrogen-bond donors (Lipinski definition) is 1. The van der Waals surface area contributed by atoms with E-state index in [-0.39, 0.29) is 12.4 Å². The summed E-state index contributed by atoms with van der Waals surface area (Å²) in [4.78, 5) is 24.5. The molecule has 0 aliphatic heterocycles. The van der Waals surface area contributed by atoms with Crippen LogP contribution in [0.1, 0.15) is 15.9 Å². The lowest BCUT2D eigenvalue weighted by molar-refractivity contribution is -0.123. The number of esters is 1.